The van der Waals surface area contributed by atoms with Gasteiger partial charge in [-0.15, -0.1) is 0 Å². The van der Waals surface area contributed by atoms with Crippen molar-refractivity contribution in [2.24, 2.45) is 11.7 Å². The smallest absolute Gasteiger partial charge is 0.220 e. The van der Waals surface area contributed by atoms with Crippen LogP contribution in [0.2, 0.25) is 5.02 Å². The monoisotopic (exact) mass is 252 g/mol. The lowest BCUT2D eigenvalue weighted by Crippen LogP contribution is -2.38. The zero-order valence-corrected chi connectivity index (χ0v) is 10.5. The molecule has 0 saturated carbocycles. The molecule has 0 atom stereocenters. The second-order valence-corrected chi connectivity index (χ2v) is 5.02. The van der Waals surface area contributed by atoms with E-state index in [1.54, 1.807) is 0 Å². The van der Waals surface area contributed by atoms with E-state index in [0.717, 1.165) is 37.5 Å². The first-order chi connectivity index (χ1) is 8.15. The second-order valence-electron chi connectivity index (χ2n) is 4.58. The average molecular weight is 253 g/mol. The van der Waals surface area contributed by atoms with E-state index in [-0.39, 0.29) is 11.8 Å². The molecule has 0 unspecified atom stereocenters. The van der Waals surface area contributed by atoms with E-state index in [0.29, 0.717) is 0 Å². The van der Waals surface area contributed by atoms with Gasteiger partial charge >= 0.3 is 0 Å². The molecule has 17 heavy (non-hydrogen) atoms. The highest BCUT2D eigenvalue weighted by Crippen LogP contribution is 2.19. The van der Waals surface area contributed by atoms with Crippen molar-refractivity contribution in [2.75, 3.05) is 13.1 Å². The maximum atomic E-state index is 11.1. The Kier molecular flexibility index (Phi) is 4.02. The minimum Gasteiger partial charge on any atom is -0.369 e. The summed E-state index contributed by atoms with van der Waals surface area (Å²) in [6, 6.07) is 7.91. The van der Waals surface area contributed by atoms with Gasteiger partial charge in [0.25, 0.3) is 0 Å². The Morgan fingerprint density at radius 1 is 1.41 bits per heavy atom. The molecule has 1 amide bonds. The number of carbonyl (C=O) groups excluding carboxylic acids is 1. The lowest BCUT2D eigenvalue weighted by Gasteiger charge is -2.30. The fraction of sp³-hybridized carbons (Fsp3) is 0.462. The van der Waals surface area contributed by atoms with Gasteiger partial charge in [0.1, 0.15) is 0 Å². The van der Waals surface area contributed by atoms with Crippen LogP contribution >= 0.6 is 11.6 Å². The van der Waals surface area contributed by atoms with Crippen molar-refractivity contribution >= 4 is 17.5 Å². The third kappa shape index (κ3) is 3.45. The van der Waals surface area contributed by atoms with Crippen LogP contribution in [0.5, 0.6) is 0 Å². The standard InChI is InChI=1S/C13H17ClN2O/c14-12-3-1-2-10(8-12)9-16-6-4-11(5-7-16)13(15)17/h1-3,8,11H,4-7,9H2,(H2,15,17). The molecular formula is C13H17ClN2O. The number of likely N-dealkylation sites (tertiary alicyclic amines) is 1. The Bertz CT molecular complexity index is 400. The topological polar surface area (TPSA) is 46.3 Å². The van der Waals surface area contributed by atoms with E-state index in [4.69, 9.17) is 17.3 Å². The Morgan fingerprint density at radius 3 is 2.71 bits per heavy atom. The van der Waals surface area contributed by atoms with Gasteiger partial charge in [-0.25, -0.2) is 0 Å². The van der Waals surface area contributed by atoms with Crippen molar-refractivity contribution in [2.45, 2.75) is 19.4 Å². The molecule has 1 aromatic rings. The van der Waals surface area contributed by atoms with Gasteiger partial charge < -0.3 is 5.73 Å². The molecule has 0 radical (unpaired) electrons. The third-order valence-corrected chi connectivity index (χ3v) is 3.52. The maximum absolute atomic E-state index is 11.1. The van der Waals surface area contributed by atoms with Crippen molar-refractivity contribution in [1.29, 1.82) is 0 Å². The average Bonchev–Trinajstić information content (AvgIpc) is 2.29. The summed E-state index contributed by atoms with van der Waals surface area (Å²) in [5, 5.41) is 0.773. The van der Waals surface area contributed by atoms with E-state index < -0.39 is 0 Å². The predicted octanol–water partition coefficient (Wildman–Crippen LogP) is 2.04. The molecule has 1 heterocycles. The zero-order valence-electron chi connectivity index (χ0n) is 9.73. The van der Waals surface area contributed by atoms with Gasteiger partial charge in [0.2, 0.25) is 5.91 Å². The van der Waals surface area contributed by atoms with Crippen molar-refractivity contribution in [3.05, 3.63) is 34.9 Å². The Labute approximate surface area is 107 Å². The normalized spacial score (nSPS) is 18.2. The Morgan fingerprint density at radius 2 is 2.12 bits per heavy atom. The van der Waals surface area contributed by atoms with Gasteiger partial charge in [-0.2, -0.15) is 0 Å². The van der Waals surface area contributed by atoms with Crippen LogP contribution in [0.4, 0.5) is 0 Å². The summed E-state index contributed by atoms with van der Waals surface area (Å²) in [7, 11) is 0. The number of nitrogens with zero attached hydrogens (tertiary/aromatic N) is 1. The first-order valence-corrected chi connectivity index (χ1v) is 6.29. The number of amides is 1. The summed E-state index contributed by atoms with van der Waals surface area (Å²) < 4.78 is 0. The quantitative estimate of drug-likeness (QED) is 0.895. The molecule has 2 rings (SSSR count). The van der Waals surface area contributed by atoms with Crippen LogP contribution in [0.1, 0.15) is 18.4 Å². The fourth-order valence-corrected chi connectivity index (χ4v) is 2.48. The first-order valence-electron chi connectivity index (χ1n) is 5.91. The van der Waals surface area contributed by atoms with Gasteiger partial charge in [0.05, 0.1) is 0 Å². The van der Waals surface area contributed by atoms with Crippen LogP contribution in [-0.2, 0) is 11.3 Å². The van der Waals surface area contributed by atoms with Crippen LogP contribution < -0.4 is 5.73 Å². The number of piperidine rings is 1. The summed E-state index contributed by atoms with van der Waals surface area (Å²) in [6.45, 7) is 2.76. The molecule has 4 heteroatoms. The number of halogens is 1. The molecule has 1 aliphatic heterocycles. The summed E-state index contributed by atoms with van der Waals surface area (Å²) in [5.74, 6) is -0.0991. The molecule has 1 saturated heterocycles. The number of benzene rings is 1. The lowest BCUT2D eigenvalue weighted by molar-refractivity contribution is -0.123. The number of primary amides is 1. The van der Waals surface area contributed by atoms with Crippen LogP contribution in [-0.4, -0.2) is 23.9 Å². The largest absolute Gasteiger partial charge is 0.369 e. The Balaban J connectivity index is 1.88. The Hall–Kier alpha value is -1.06. The van der Waals surface area contributed by atoms with E-state index in [2.05, 4.69) is 11.0 Å². The number of nitrogens with two attached hydrogens (primary N) is 1. The molecule has 2 N–H and O–H groups in total. The predicted molar refractivity (Wildman–Crippen MR) is 68.6 cm³/mol. The van der Waals surface area contributed by atoms with Crippen molar-refractivity contribution in [3.63, 3.8) is 0 Å². The highest BCUT2D eigenvalue weighted by atomic mass is 35.5. The van der Waals surface area contributed by atoms with Crippen molar-refractivity contribution in [3.8, 4) is 0 Å². The van der Waals surface area contributed by atoms with Gasteiger partial charge in [0, 0.05) is 17.5 Å². The molecule has 1 aromatic carbocycles. The van der Waals surface area contributed by atoms with E-state index in [1.165, 1.54) is 5.56 Å². The molecular weight excluding hydrogens is 236 g/mol. The highest BCUT2D eigenvalue weighted by Gasteiger charge is 2.22. The van der Waals surface area contributed by atoms with Crippen molar-refractivity contribution < 1.29 is 4.79 Å². The van der Waals surface area contributed by atoms with Gasteiger partial charge in [-0.3, -0.25) is 9.69 Å². The van der Waals surface area contributed by atoms with Gasteiger partial charge in [-0.05, 0) is 43.6 Å². The number of rotatable bonds is 3. The maximum Gasteiger partial charge on any atom is 0.220 e. The van der Waals surface area contributed by atoms with Crippen LogP contribution in [0, 0.1) is 5.92 Å². The van der Waals surface area contributed by atoms with E-state index in [1.807, 2.05) is 18.2 Å². The van der Waals surface area contributed by atoms with Crippen LogP contribution in [0.3, 0.4) is 0 Å². The number of hydrogen-bond acceptors (Lipinski definition) is 2. The summed E-state index contributed by atoms with van der Waals surface area (Å²) in [4.78, 5) is 13.4. The highest BCUT2D eigenvalue weighted by molar-refractivity contribution is 6.30. The summed E-state index contributed by atoms with van der Waals surface area (Å²) in [6.07, 6.45) is 1.74. The van der Waals surface area contributed by atoms with E-state index >= 15 is 0 Å². The minimum absolute atomic E-state index is 0.0608. The fourth-order valence-electron chi connectivity index (χ4n) is 2.27. The molecule has 0 aromatic heterocycles. The third-order valence-electron chi connectivity index (χ3n) is 3.29. The minimum atomic E-state index is -0.160. The van der Waals surface area contributed by atoms with E-state index in [9.17, 15) is 4.79 Å². The van der Waals surface area contributed by atoms with Gasteiger partial charge in [-0.1, -0.05) is 23.7 Å². The van der Waals surface area contributed by atoms with Crippen LogP contribution in [0.25, 0.3) is 0 Å². The van der Waals surface area contributed by atoms with Crippen LogP contribution in [0.15, 0.2) is 24.3 Å². The SMILES string of the molecule is NC(=O)C1CCN(Cc2cccc(Cl)c2)CC1. The molecule has 0 bridgehead atoms. The molecule has 1 aliphatic rings. The zero-order chi connectivity index (χ0) is 12.3. The summed E-state index contributed by atoms with van der Waals surface area (Å²) >= 11 is 5.95. The van der Waals surface area contributed by atoms with Crippen molar-refractivity contribution in [1.82, 2.24) is 4.90 Å². The number of carbonyl (C=O) groups is 1. The lowest BCUT2D eigenvalue weighted by atomic mass is 9.96. The first kappa shape index (κ1) is 12.4. The summed E-state index contributed by atoms with van der Waals surface area (Å²) in [5.41, 5.74) is 6.53. The molecule has 0 spiro atoms. The van der Waals surface area contributed by atoms with Gasteiger partial charge in [0.15, 0.2) is 0 Å². The number of hydrogen-bond donors (Lipinski definition) is 1. The molecule has 92 valence electrons. The molecule has 1 fully saturated rings. The molecule has 0 aliphatic carbocycles. The second kappa shape index (κ2) is 5.52. The molecule has 3 nitrogen and oxygen atoms in total.